The largest absolute Gasteiger partial charge is 0.490 e. The molecule has 1 aromatic heterocycles. The van der Waals surface area contributed by atoms with Gasteiger partial charge >= 0.3 is 0 Å². The molecule has 0 radical (unpaired) electrons. The molecule has 0 fully saturated rings. The average molecular weight is 389 g/mol. The molecule has 1 aliphatic heterocycles. The Bertz CT molecular complexity index is 1020. The number of halogens is 2. The topological polar surface area (TPSA) is 53.4 Å². The minimum absolute atomic E-state index is 0.206. The molecule has 26 heavy (non-hydrogen) atoms. The van der Waals surface area contributed by atoms with Crippen LogP contribution in [-0.2, 0) is 6.54 Å². The third-order valence-corrected chi connectivity index (χ3v) is 4.87. The molecule has 2 aromatic carbocycles. The molecule has 0 bridgehead atoms. The predicted octanol–water partition coefficient (Wildman–Crippen LogP) is 4.06. The van der Waals surface area contributed by atoms with E-state index in [1.807, 2.05) is 36.4 Å². The number of nitrogens with zero attached hydrogens (tertiary/aromatic N) is 2. The standard InChI is InChI=1S/C19H14Cl2N2O3/c20-16-6-2-5-15(18(16)21)12-3-1-4-13(9-12)25-11-14-10-23-8-7-17(24)22-19(23)26-14/h1-9,14H,10-11H2. The zero-order chi connectivity index (χ0) is 18.1. The Balaban J connectivity index is 1.47. The lowest BCUT2D eigenvalue weighted by molar-refractivity contribution is 0.143. The van der Waals surface area contributed by atoms with Crippen LogP contribution < -0.4 is 15.0 Å². The third-order valence-electron chi connectivity index (χ3n) is 4.05. The van der Waals surface area contributed by atoms with E-state index in [4.69, 9.17) is 32.7 Å². The first-order valence-electron chi connectivity index (χ1n) is 8.01. The van der Waals surface area contributed by atoms with Crippen molar-refractivity contribution in [2.75, 3.05) is 6.61 Å². The van der Waals surface area contributed by atoms with E-state index in [1.54, 1.807) is 16.8 Å². The van der Waals surface area contributed by atoms with Crippen molar-refractivity contribution in [2.24, 2.45) is 0 Å². The van der Waals surface area contributed by atoms with Crippen LogP contribution in [0.25, 0.3) is 11.1 Å². The van der Waals surface area contributed by atoms with Crippen LogP contribution in [0.5, 0.6) is 11.8 Å². The Kier molecular flexibility index (Phi) is 4.57. The van der Waals surface area contributed by atoms with Crippen molar-refractivity contribution in [2.45, 2.75) is 12.6 Å². The Morgan fingerprint density at radius 2 is 2.04 bits per heavy atom. The average Bonchev–Trinajstić information content (AvgIpc) is 3.04. The first-order chi connectivity index (χ1) is 12.6. The summed E-state index contributed by atoms with van der Waals surface area (Å²) in [7, 11) is 0. The molecule has 0 amide bonds. The number of hydrogen-bond acceptors (Lipinski definition) is 4. The van der Waals surface area contributed by atoms with Crippen molar-refractivity contribution in [1.29, 1.82) is 0 Å². The molecule has 132 valence electrons. The van der Waals surface area contributed by atoms with Crippen LogP contribution in [0, 0.1) is 0 Å². The number of ether oxygens (including phenoxy) is 2. The van der Waals surface area contributed by atoms with Crippen molar-refractivity contribution in [3.63, 3.8) is 0 Å². The van der Waals surface area contributed by atoms with Crippen LogP contribution in [0.3, 0.4) is 0 Å². The summed E-state index contributed by atoms with van der Waals surface area (Å²) in [5, 5.41) is 1.02. The molecule has 1 aliphatic rings. The van der Waals surface area contributed by atoms with Gasteiger partial charge in [0.25, 0.3) is 11.6 Å². The third kappa shape index (κ3) is 3.41. The highest BCUT2D eigenvalue weighted by molar-refractivity contribution is 6.43. The molecule has 4 rings (SSSR count). The molecule has 1 unspecified atom stereocenters. The number of benzene rings is 2. The molecular weight excluding hydrogens is 375 g/mol. The van der Waals surface area contributed by atoms with E-state index >= 15 is 0 Å². The summed E-state index contributed by atoms with van der Waals surface area (Å²) in [6.45, 7) is 0.923. The molecule has 0 N–H and O–H groups in total. The zero-order valence-corrected chi connectivity index (χ0v) is 15.1. The predicted molar refractivity (Wildman–Crippen MR) is 100 cm³/mol. The zero-order valence-electron chi connectivity index (χ0n) is 13.6. The summed E-state index contributed by atoms with van der Waals surface area (Å²) >= 11 is 12.4. The summed E-state index contributed by atoms with van der Waals surface area (Å²) in [6.07, 6.45) is 1.47. The van der Waals surface area contributed by atoms with Gasteiger partial charge in [0.1, 0.15) is 12.4 Å². The number of fused-ring (bicyclic) bond motifs is 1. The second kappa shape index (κ2) is 7.02. The van der Waals surface area contributed by atoms with Crippen LogP contribution in [0.4, 0.5) is 0 Å². The van der Waals surface area contributed by atoms with E-state index in [2.05, 4.69) is 4.98 Å². The Hall–Kier alpha value is -2.50. The minimum atomic E-state index is -0.316. The van der Waals surface area contributed by atoms with Crippen molar-refractivity contribution >= 4 is 23.2 Å². The summed E-state index contributed by atoms with van der Waals surface area (Å²) in [5.74, 6) is 0.695. The summed E-state index contributed by atoms with van der Waals surface area (Å²) < 4.78 is 13.3. The summed E-state index contributed by atoms with van der Waals surface area (Å²) in [6, 6.07) is 14.9. The fraction of sp³-hybridized carbons (Fsp3) is 0.158. The van der Waals surface area contributed by atoms with Gasteiger partial charge in [-0.15, -0.1) is 0 Å². The normalized spacial score (nSPS) is 15.4. The molecule has 3 aromatic rings. The van der Waals surface area contributed by atoms with Crippen LogP contribution in [-0.4, -0.2) is 22.3 Å². The molecule has 0 saturated carbocycles. The first kappa shape index (κ1) is 16.9. The smallest absolute Gasteiger partial charge is 0.300 e. The molecule has 7 heteroatoms. The number of rotatable bonds is 4. The van der Waals surface area contributed by atoms with E-state index in [-0.39, 0.29) is 11.7 Å². The van der Waals surface area contributed by atoms with E-state index in [0.29, 0.717) is 35.0 Å². The van der Waals surface area contributed by atoms with Gasteiger partial charge in [-0.05, 0) is 23.8 Å². The lowest BCUT2D eigenvalue weighted by atomic mass is 10.1. The maximum absolute atomic E-state index is 11.3. The van der Waals surface area contributed by atoms with Gasteiger partial charge in [-0.2, -0.15) is 4.98 Å². The molecule has 2 heterocycles. The van der Waals surface area contributed by atoms with Crippen LogP contribution >= 0.6 is 23.2 Å². The Morgan fingerprint density at radius 1 is 1.19 bits per heavy atom. The van der Waals surface area contributed by atoms with E-state index in [9.17, 15) is 4.79 Å². The van der Waals surface area contributed by atoms with E-state index in [0.717, 1.165) is 11.1 Å². The van der Waals surface area contributed by atoms with Crippen molar-refractivity contribution in [1.82, 2.24) is 9.55 Å². The van der Waals surface area contributed by atoms with Gasteiger partial charge in [-0.25, -0.2) is 0 Å². The molecule has 0 spiro atoms. The molecule has 0 aliphatic carbocycles. The first-order valence-corrected chi connectivity index (χ1v) is 8.77. The van der Waals surface area contributed by atoms with Crippen molar-refractivity contribution in [3.8, 4) is 22.9 Å². The van der Waals surface area contributed by atoms with Gasteiger partial charge in [-0.1, -0.05) is 47.5 Å². The van der Waals surface area contributed by atoms with Gasteiger partial charge in [0, 0.05) is 17.8 Å². The van der Waals surface area contributed by atoms with E-state index in [1.165, 1.54) is 6.07 Å². The lowest BCUT2D eigenvalue weighted by Gasteiger charge is -2.12. The van der Waals surface area contributed by atoms with Gasteiger partial charge < -0.3 is 9.47 Å². The van der Waals surface area contributed by atoms with E-state index < -0.39 is 0 Å². The lowest BCUT2D eigenvalue weighted by Crippen LogP contribution is -2.23. The fourth-order valence-electron chi connectivity index (χ4n) is 2.81. The fourth-order valence-corrected chi connectivity index (χ4v) is 3.22. The molecule has 0 saturated heterocycles. The minimum Gasteiger partial charge on any atom is -0.490 e. The molecular formula is C19H14Cl2N2O3. The second-order valence-electron chi connectivity index (χ2n) is 5.88. The van der Waals surface area contributed by atoms with Gasteiger partial charge in [0.2, 0.25) is 0 Å². The highest BCUT2D eigenvalue weighted by Gasteiger charge is 2.23. The highest BCUT2D eigenvalue weighted by Crippen LogP contribution is 2.34. The van der Waals surface area contributed by atoms with Gasteiger partial charge in [0.05, 0.1) is 16.6 Å². The Labute approximate surface area is 159 Å². The van der Waals surface area contributed by atoms with Crippen molar-refractivity contribution < 1.29 is 9.47 Å². The van der Waals surface area contributed by atoms with Crippen molar-refractivity contribution in [3.05, 3.63) is 75.1 Å². The maximum atomic E-state index is 11.3. The quantitative estimate of drug-likeness (QED) is 0.676. The van der Waals surface area contributed by atoms with Gasteiger partial charge in [0.15, 0.2) is 6.10 Å². The van der Waals surface area contributed by atoms with Crippen LogP contribution in [0.2, 0.25) is 10.0 Å². The summed E-state index contributed by atoms with van der Waals surface area (Å²) in [4.78, 5) is 15.1. The SMILES string of the molecule is O=c1ccn2c(n1)OC(COc1cccc(-c3cccc(Cl)c3Cl)c1)C2. The Morgan fingerprint density at radius 3 is 2.92 bits per heavy atom. The van der Waals surface area contributed by atoms with Crippen LogP contribution in [0.15, 0.2) is 59.5 Å². The molecule has 1 atom stereocenters. The highest BCUT2D eigenvalue weighted by atomic mass is 35.5. The van der Waals surface area contributed by atoms with Gasteiger partial charge in [-0.3, -0.25) is 9.36 Å². The second-order valence-corrected chi connectivity index (χ2v) is 6.67. The maximum Gasteiger partial charge on any atom is 0.300 e. The number of hydrogen-bond donors (Lipinski definition) is 0. The van der Waals surface area contributed by atoms with Crippen LogP contribution in [0.1, 0.15) is 0 Å². The summed E-state index contributed by atoms with van der Waals surface area (Å²) in [5.41, 5.74) is 1.44. The molecule has 5 nitrogen and oxygen atoms in total. The monoisotopic (exact) mass is 388 g/mol. The number of aromatic nitrogens is 2.